The van der Waals surface area contributed by atoms with E-state index in [-0.39, 0.29) is 0 Å². The fourth-order valence-electron chi connectivity index (χ4n) is 3.96. The number of fused-ring (bicyclic) bond motifs is 1. The third-order valence-corrected chi connectivity index (χ3v) is 6.80. The molecule has 1 aliphatic heterocycles. The smallest absolute Gasteiger partial charge is 0.328 e. The molecule has 0 fully saturated rings. The van der Waals surface area contributed by atoms with Crippen molar-refractivity contribution in [3.63, 3.8) is 0 Å². The lowest BCUT2D eigenvalue weighted by molar-refractivity contribution is -0.131. The molecular formula is C25H24N2O2S. The highest BCUT2D eigenvalue weighted by molar-refractivity contribution is 8.03. The number of nitrogens with one attached hydrogen (secondary N) is 1. The first-order valence-corrected chi connectivity index (χ1v) is 11.0. The summed E-state index contributed by atoms with van der Waals surface area (Å²) >= 11 is 1.89. The predicted molar refractivity (Wildman–Crippen MR) is 125 cm³/mol. The number of nitrogens with zero attached hydrogens (tertiary/aromatic N) is 1. The molecule has 2 atom stereocenters. The summed E-state index contributed by atoms with van der Waals surface area (Å²) < 4.78 is 0. The Hall–Kier alpha value is -3.05. The number of H-pyrrole nitrogens is 1. The van der Waals surface area contributed by atoms with Gasteiger partial charge in [0.2, 0.25) is 0 Å². The third kappa shape index (κ3) is 4.12. The van der Waals surface area contributed by atoms with E-state index in [1.807, 2.05) is 30.1 Å². The van der Waals surface area contributed by atoms with Gasteiger partial charge in [-0.25, -0.2) is 4.79 Å². The maximum absolute atomic E-state index is 10.8. The van der Waals surface area contributed by atoms with Crippen LogP contribution in [0.1, 0.15) is 37.0 Å². The highest BCUT2D eigenvalue weighted by Gasteiger charge is 2.26. The van der Waals surface area contributed by atoms with Crippen LogP contribution in [-0.2, 0) is 4.79 Å². The Labute approximate surface area is 180 Å². The molecule has 0 amide bonds. The largest absolute Gasteiger partial charge is 0.478 e. The number of rotatable bonds is 6. The van der Waals surface area contributed by atoms with E-state index in [9.17, 15) is 4.79 Å². The van der Waals surface area contributed by atoms with Crippen molar-refractivity contribution < 1.29 is 9.90 Å². The number of hydrogen-bond donors (Lipinski definition) is 2. The van der Waals surface area contributed by atoms with Gasteiger partial charge in [0.05, 0.1) is 11.7 Å². The molecule has 152 valence electrons. The van der Waals surface area contributed by atoms with E-state index in [4.69, 9.17) is 5.11 Å². The number of carboxylic acids is 1. The van der Waals surface area contributed by atoms with Crippen molar-refractivity contribution in [2.75, 3.05) is 0 Å². The summed E-state index contributed by atoms with van der Waals surface area (Å²) in [6, 6.07) is 14.6. The van der Waals surface area contributed by atoms with Crippen molar-refractivity contribution in [2.24, 2.45) is 5.92 Å². The van der Waals surface area contributed by atoms with Gasteiger partial charge in [-0.15, -0.1) is 11.8 Å². The fourth-order valence-corrected chi connectivity index (χ4v) is 5.26. The van der Waals surface area contributed by atoms with Crippen LogP contribution in [0.15, 0.2) is 71.8 Å². The van der Waals surface area contributed by atoms with Gasteiger partial charge in [0.25, 0.3) is 0 Å². The first-order chi connectivity index (χ1) is 14.6. The molecule has 0 saturated carbocycles. The van der Waals surface area contributed by atoms with E-state index in [0.717, 1.165) is 28.5 Å². The van der Waals surface area contributed by atoms with Gasteiger partial charge in [0.1, 0.15) is 0 Å². The van der Waals surface area contributed by atoms with Crippen LogP contribution in [0.3, 0.4) is 0 Å². The molecule has 30 heavy (non-hydrogen) atoms. The van der Waals surface area contributed by atoms with E-state index in [2.05, 4.69) is 65.9 Å². The van der Waals surface area contributed by atoms with Crippen molar-refractivity contribution in [2.45, 2.75) is 25.5 Å². The standard InChI is InChI=1S/C25H24N2O2S/c1-3-21(25-16(2)12-13-30-25)24(19-9-10-22-20(14-19)15-26-27-22)18-7-4-17(5-8-18)6-11-23(28)29/h4-16,25H,3H2,1-2H3,(H,26,27)(H,28,29)/b11-6+,24-21+. The maximum atomic E-state index is 10.8. The number of carboxylic acid groups (broad SMARTS) is 1. The Balaban J connectivity index is 1.84. The molecule has 5 heteroatoms. The van der Waals surface area contributed by atoms with E-state index in [1.54, 1.807) is 6.08 Å². The van der Waals surface area contributed by atoms with Gasteiger partial charge < -0.3 is 5.11 Å². The number of aromatic nitrogens is 2. The molecule has 2 aromatic carbocycles. The highest BCUT2D eigenvalue weighted by Crippen LogP contribution is 2.41. The van der Waals surface area contributed by atoms with E-state index in [0.29, 0.717) is 11.2 Å². The molecule has 3 aromatic rings. The van der Waals surface area contributed by atoms with Crippen LogP contribution in [0.25, 0.3) is 22.6 Å². The highest BCUT2D eigenvalue weighted by atomic mass is 32.2. The molecule has 0 saturated heterocycles. The Morgan fingerprint density at radius 3 is 2.63 bits per heavy atom. The Kier molecular flexibility index (Phi) is 5.91. The van der Waals surface area contributed by atoms with Gasteiger partial charge in [-0.05, 0) is 63.8 Å². The van der Waals surface area contributed by atoms with E-state index < -0.39 is 5.97 Å². The second-order valence-electron chi connectivity index (χ2n) is 7.46. The Bertz CT molecular complexity index is 1160. The van der Waals surface area contributed by atoms with E-state index >= 15 is 0 Å². The summed E-state index contributed by atoms with van der Waals surface area (Å²) in [7, 11) is 0. The van der Waals surface area contributed by atoms with Gasteiger partial charge in [-0.2, -0.15) is 5.10 Å². The van der Waals surface area contributed by atoms with Crippen LogP contribution in [0.2, 0.25) is 0 Å². The Morgan fingerprint density at radius 1 is 1.20 bits per heavy atom. The quantitative estimate of drug-likeness (QED) is 0.474. The molecular weight excluding hydrogens is 392 g/mol. The number of thioether (sulfide) groups is 1. The van der Waals surface area contributed by atoms with Crippen LogP contribution < -0.4 is 0 Å². The molecule has 1 aromatic heterocycles. The topological polar surface area (TPSA) is 66.0 Å². The number of allylic oxidation sites excluding steroid dienone is 1. The third-order valence-electron chi connectivity index (χ3n) is 5.48. The zero-order valence-corrected chi connectivity index (χ0v) is 17.8. The zero-order valence-electron chi connectivity index (χ0n) is 17.0. The minimum atomic E-state index is -0.943. The molecule has 1 aliphatic rings. The van der Waals surface area contributed by atoms with Gasteiger partial charge in [-0.1, -0.05) is 50.3 Å². The van der Waals surface area contributed by atoms with Crippen molar-refractivity contribution >= 4 is 40.3 Å². The van der Waals surface area contributed by atoms with Crippen molar-refractivity contribution in [3.8, 4) is 0 Å². The number of hydrogen-bond acceptors (Lipinski definition) is 3. The van der Waals surface area contributed by atoms with Crippen molar-refractivity contribution in [1.29, 1.82) is 0 Å². The molecule has 2 heterocycles. The summed E-state index contributed by atoms with van der Waals surface area (Å²) in [5, 5.41) is 19.8. The van der Waals surface area contributed by atoms with Gasteiger partial charge >= 0.3 is 5.97 Å². The summed E-state index contributed by atoms with van der Waals surface area (Å²) in [5.41, 5.74) is 6.89. The van der Waals surface area contributed by atoms with Gasteiger partial charge in [0, 0.05) is 16.7 Å². The molecule has 0 spiro atoms. The molecule has 0 radical (unpaired) electrons. The predicted octanol–water partition coefficient (Wildman–Crippen LogP) is 6.14. The summed E-state index contributed by atoms with van der Waals surface area (Å²) in [5.74, 6) is -0.462. The lowest BCUT2D eigenvalue weighted by Crippen LogP contribution is -2.13. The van der Waals surface area contributed by atoms with Gasteiger partial charge in [-0.3, -0.25) is 5.10 Å². The van der Waals surface area contributed by atoms with Crippen LogP contribution in [-0.4, -0.2) is 26.5 Å². The van der Waals surface area contributed by atoms with Gasteiger partial charge in [0.15, 0.2) is 0 Å². The number of aromatic amines is 1. The first kappa shape index (κ1) is 20.2. The number of aliphatic carboxylic acids is 1. The van der Waals surface area contributed by atoms with Crippen LogP contribution in [0, 0.1) is 5.92 Å². The molecule has 4 nitrogen and oxygen atoms in total. The molecule has 0 aliphatic carbocycles. The monoisotopic (exact) mass is 416 g/mol. The minimum Gasteiger partial charge on any atom is -0.478 e. The van der Waals surface area contributed by atoms with Crippen molar-refractivity contribution in [3.05, 3.63) is 88.5 Å². The first-order valence-electron chi connectivity index (χ1n) is 10.1. The summed E-state index contributed by atoms with van der Waals surface area (Å²) in [6.45, 7) is 4.49. The molecule has 0 bridgehead atoms. The zero-order chi connectivity index (χ0) is 21.1. The summed E-state index contributed by atoms with van der Waals surface area (Å²) in [6.07, 6.45) is 7.88. The van der Waals surface area contributed by atoms with Crippen LogP contribution >= 0.6 is 11.8 Å². The van der Waals surface area contributed by atoms with Crippen LogP contribution in [0.4, 0.5) is 0 Å². The average molecular weight is 417 g/mol. The van der Waals surface area contributed by atoms with Crippen molar-refractivity contribution in [1.82, 2.24) is 10.2 Å². The number of carbonyl (C=O) groups is 1. The second-order valence-corrected chi connectivity index (χ2v) is 8.52. The summed E-state index contributed by atoms with van der Waals surface area (Å²) in [4.78, 5) is 10.8. The fraction of sp³-hybridized carbons (Fsp3) is 0.200. The maximum Gasteiger partial charge on any atom is 0.328 e. The number of benzene rings is 2. The minimum absolute atomic E-state index is 0.414. The second kappa shape index (κ2) is 8.76. The average Bonchev–Trinajstić information content (AvgIpc) is 3.39. The molecule has 4 rings (SSSR count). The lowest BCUT2D eigenvalue weighted by atomic mass is 9.86. The lowest BCUT2D eigenvalue weighted by Gasteiger charge is -2.23. The molecule has 2 N–H and O–H groups in total. The SMILES string of the molecule is CC/C(=C(/c1ccc(/C=C/C(=O)O)cc1)c1ccc2[nH]ncc2c1)C1SC=CC1C. The normalized spacial score (nSPS) is 19.5. The van der Waals surface area contributed by atoms with E-state index in [1.165, 1.54) is 22.8 Å². The Morgan fingerprint density at radius 2 is 1.97 bits per heavy atom. The van der Waals surface area contributed by atoms with Crippen LogP contribution in [0.5, 0.6) is 0 Å². The molecule has 2 unspecified atom stereocenters.